The third-order valence-electron chi connectivity index (χ3n) is 2.46. The van der Waals surface area contributed by atoms with Gasteiger partial charge in [-0.15, -0.1) is 23.1 Å². The predicted molar refractivity (Wildman–Crippen MR) is 67.7 cm³/mol. The van der Waals surface area contributed by atoms with Crippen molar-refractivity contribution in [3.05, 3.63) is 28.6 Å². The third kappa shape index (κ3) is 1.57. The van der Waals surface area contributed by atoms with Crippen molar-refractivity contribution in [2.75, 3.05) is 6.26 Å². The summed E-state index contributed by atoms with van der Waals surface area (Å²) in [6.45, 7) is 4.41. The number of hydrogen-bond donors (Lipinski definition) is 0. The highest BCUT2D eigenvalue weighted by Gasteiger charge is 2.07. The topological polar surface area (TPSA) is 0 Å². The third-order valence-corrected chi connectivity index (χ3v) is 4.45. The summed E-state index contributed by atoms with van der Waals surface area (Å²) < 4.78 is 1.47. The van der Waals surface area contributed by atoms with Gasteiger partial charge in [0.1, 0.15) is 0 Å². The van der Waals surface area contributed by atoms with Crippen LogP contribution in [0, 0.1) is 6.92 Å². The molecule has 0 saturated heterocycles. The molecule has 0 unspecified atom stereocenters. The summed E-state index contributed by atoms with van der Waals surface area (Å²) in [7, 11) is 0. The van der Waals surface area contributed by atoms with Crippen LogP contribution in [0.4, 0.5) is 0 Å². The van der Waals surface area contributed by atoms with Gasteiger partial charge in [-0.05, 0) is 42.7 Å². The zero-order valence-electron chi connectivity index (χ0n) is 8.76. The normalized spacial score (nSPS) is 11.1. The van der Waals surface area contributed by atoms with E-state index in [9.17, 15) is 0 Å². The monoisotopic (exact) mass is 222 g/mol. The van der Waals surface area contributed by atoms with E-state index in [1.54, 1.807) is 0 Å². The summed E-state index contributed by atoms with van der Waals surface area (Å²) in [5, 5.41) is 1.46. The van der Waals surface area contributed by atoms with E-state index in [0.717, 1.165) is 6.42 Å². The first-order valence-corrected chi connectivity index (χ1v) is 6.86. The summed E-state index contributed by atoms with van der Waals surface area (Å²) in [4.78, 5) is 2.83. The van der Waals surface area contributed by atoms with Gasteiger partial charge in [-0.1, -0.05) is 13.0 Å². The molecule has 74 valence electrons. The molecule has 1 heterocycles. The van der Waals surface area contributed by atoms with Crippen molar-refractivity contribution in [1.29, 1.82) is 0 Å². The maximum atomic E-state index is 2.32. The molecule has 0 aliphatic rings. The highest BCUT2D eigenvalue weighted by Crippen LogP contribution is 2.35. The molecule has 0 aliphatic heterocycles. The zero-order valence-corrected chi connectivity index (χ0v) is 10.4. The van der Waals surface area contributed by atoms with Gasteiger partial charge in [0.05, 0.1) is 0 Å². The summed E-state index contributed by atoms with van der Waals surface area (Å²) in [6, 6.07) is 6.83. The summed E-state index contributed by atoms with van der Waals surface area (Å²) in [6.07, 6.45) is 3.27. The fourth-order valence-corrected chi connectivity index (χ4v) is 3.59. The van der Waals surface area contributed by atoms with Crippen LogP contribution in [-0.2, 0) is 6.42 Å². The van der Waals surface area contributed by atoms with Crippen LogP contribution in [0.5, 0.6) is 0 Å². The molecule has 14 heavy (non-hydrogen) atoms. The molecule has 1 aromatic carbocycles. The average molecular weight is 222 g/mol. The van der Waals surface area contributed by atoms with Crippen LogP contribution in [0.3, 0.4) is 0 Å². The van der Waals surface area contributed by atoms with Gasteiger partial charge in [-0.25, -0.2) is 0 Å². The minimum Gasteiger partial charge on any atom is -0.139 e. The molecule has 0 saturated carbocycles. The van der Waals surface area contributed by atoms with Crippen molar-refractivity contribution < 1.29 is 0 Å². The van der Waals surface area contributed by atoms with Crippen LogP contribution in [0.2, 0.25) is 0 Å². The van der Waals surface area contributed by atoms with Crippen LogP contribution in [0.1, 0.15) is 17.4 Å². The highest BCUT2D eigenvalue weighted by atomic mass is 32.2. The van der Waals surface area contributed by atoms with E-state index in [-0.39, 0.29) is 0 Å². The lowest BCUT2D eigenvalue weighted by molar-refractivity contribution is 1.16. The van der Waals surface area contributed by atoms with Gasteiger partial charge < -0.3 is 0 Å². The Morgan fingerprint density at radius 3 is 2.79 bits per heavy atom. The second-order valence-electron chi connectivity index (χ2n) is 3.38. The molecule has 0 N–H and O–H groups in total. The smallest absolute Gasteiger partial charge is 0.0484 e. The Bertz CT molecular complexity index is 414. The second-order valence-corrected chi connectivity index (χ2v) is 5.48. The molecule has 0 amide bonds. The molecular formula is C12H14S2. The minimum atomic E-state index is 1.13. The van der Waals surface area contributed by atoms with E-state index in [1.165, 1.54) is 25.4 Å². The lowest BCUT2D eigenvalue weighted by atomic mass is 10.1. The molecule has 1 aromatic heterocycles. The molecule has 0 fully saturated rings. The molecule has 2 rings (SSSR count). The Labute approximate surface area is 93.3 Å². The molecule has 2 aromatic rings. The van der Waals surface area contributed by atoms with Gasteiger partial charge in [0.15, 0.2) is 0 Å². The molecule has 0 radical (unpaired) electrons. The molecular weight excluding hydrogens is 208 g/mol. The number of hydrogen-bond acceptors (Lipinski definition) is 2. The van der Waals surface area contributed by atoms with Crippen LogP contribution in [0.25, 0.3) is 10.1 Å². The first kappa shape index (κ1) is 10.1. The van der Waals surface area contributed by atoms with Crippen molar-refractivity contribution in [3.63, 3.8) is 0 Å². The van der Waals surface area contributed by atoms with Crippen LogP contribution < -0.4 is 0 Å². The van der Waals surface area contributed by atoms with Crippen LogP contribution in [0.15, 0.2) is 23.1 Å². The fraction of sp³-hybridized carbons (Fsp3) is 0.333. The number of benzene rings is 1. The average Bonchev–Trinajstić information content (AvgIpc) is 2.57. The summed E-state index contributed by atoms with van der Waals surface area (Å²) in [5.74, 6) is 0. The van der Waals surface area contributed by atoms with E-state index in [0.29, 0.717) is 0 Å². The van der Waals surface area contributed by atoms with Crippen LogP contribution in [-0.4, -0.2) is 6.26 Å². The first-order chi connectivity index (χ1) is 6.76. The lowest BCUT2D eigenvalue weighted by Gasteiger charge is -2.03. The maximum Gasteiger partial charge on any atom is 0.0484 e. The lowest BCUT2D eigenvalue weighted by Crippen LogP contribution is -1.81. The van der Waals surface area contributed by atoms with Gasteiger partial charge in [-0.2, -0.15) is 0 Å². The largest absolute Gasteiger partial charge is 0.139 e. The van der Waals surface area contributed by atoms with Gasteiger partial charge in [0.25, 0.3) is 0 Å². The highest BCUT2D eigenvalue weighted by molar-refractivity contribution is 7.99. The van der Waals surface area contributed by atoms with Crippen molar-refractivity contribution in [1.82, 2.24) is 0 Å². The Hall–Kier alpha value is -0.470. The second kappa shape index (κ2) is 3.95. The zero-order chi connectivity index (χ0) is 10.1. The van der Waals surface area contributed by atoms with Gasteiger partial charge in [-0.3, -0.25) is 0 Å². The summed E-state index contributed by atoms with van der Waals surface area (Å²) in [5.41, 5.74) is 1.47. The number of fused-ring (bicyclic) bond motifs is 1. The Morgan fingerprint density at radius 2 is 2.14 bits per heavy atom. The fourth-order valence-electron chi connectivity index (χ4n) is 1.75. The Balaban J connectivity index is 2.77. The number of aryl methyl sites for hydroxylation is 2. The quantitative estimate of drug-likeness (QED) is 0.674. The minimum absolute atomic E-state index is 1.13. The van der Waals surface area contributed by atoms with E-state index >= 15 is 0 Å². The van der Waals surface area contributed by atoms with Crippen LogP contribution >= 0.6 is 23.1 Å². The first-order valence-electron chi connectivity index (χ1n) is 4.82. The number of thiophene rings is 1. The van der Waals surface area contributed by atoms with Gasteiger partial charge in [0.2, 0.25) is 0 Å². The Morgan fingerprint density at radius 1 is 1.36 bits per heavy atom. The van der Waals surface area contributed by atoms with Crippen molar-refractivity contribution in [3.8, 4) is 0 Å². The summed E-state index contributed by atoms with van der Waals surface area (Å²) >= 11 is 3.75. The van der Waals surface area contributed by atoms with E-state index < -0.39 is 0 Å². The molecule has 0 aliphatic carbocycles. The van der Waals surface area contributed by atoms with Crippen molar-refractivity contribution in [2.45, 2.75) is 25.2 Å². The standard InChI is InChI=1S/C12H14S2/c1-4-9-5-6-11(13-3)12-10(9)7-8(2)14-12/h5-7H,4H2,1-3H3. The molecule has 0 bridgehead atoms. The molecule has 0 spiro atoms. The number of thioether (sulfide) groups is 1. The van der Waals surface area contributed by atoms with Crippen molar-refractivity contribution >= 4 is 33.2 Å². The number of rotatable bonds is 2. The van der Waals surface area contributed by atoms with E-state index in [4.69, 9.17) is 0 Å². The maximum absolute atomic E-state index is 2.32. The predicted octanol–water partition coefficient (Wildman–Crippen LogP) is 4.49. The molecule has 2 heteroatoms. The SMILES string of the molecule is CCc1ccc(SC)c2sc(C)cc12. The van der Waals surface area contributed by atoms with Crippen molar-refractivity contribution in [2.24, 2.45) is 0 Å². The van der Waals surface area contributed by atoms with Gasteiger partial charge >= 0.3 is 0 Å². The van der Waals surface area contributed by atoms with Gasteiger partial charge in [0, 0.05) is 14.5 Å². The van der Waals surface area contributed by atoms with E-state index in [1.807, 2.05) is 23.1 Å². The molecule has 0 atom stereocenters. The Kier molecular flexibility index (Phi) is 2.84. The van der Waals surface area contributed by atoms with E-state index in [2.05, 4.69) is 38.3 Å². The molecule has 0 nitrogen and oxygen atoms in total.